The summed E-state index contributed by atoms with van der Waals surface area (Å²) in [5.41, 5.74) is 2.87. The van der Waals surface area contributed by atoms with Crippen LogP contribution >= 0.6 is 27.5 Å². The van der Waals surface area contributed by atoms with Crippen LogP contribution in [0.2, 0.25) is 5.02 Å². The highest BCUT2D eigenvalue weighted by Gasteiger charge is 2.11. The minimum atomic E-state index is 0.629. The summed E-state index contributed by atoms with van der Waals surface area (Å²) in [6.45, 7) is 2.55. The van der Waals surface area contributed by atoms with E-state index in [0.29, 0.717) is 11.6 Å². The van der Waals surface area contributed by atoms with Crippen LogP contribution < -0.4 is 5.32 Å². The van der Waals surface area contributed by atoms with Gasteiger partial charge in [0.2, 0.25) is 0 Å². The van der Waals surface area contributed by atoms with Gasteiger partial charge < -0.3 is 9.73 Å². The Labute approximate surface area is 135 Å². The number of rotatable bonds is 4. The van der Waals surface area contributed by atoms with Crippen molar-refractivity contribution in [1.82, 2.24) is 10.2 Å². The van der Waals surface area contributed by atoms with Gasteiger partial charge in [-0.3, -0.25) is 5.10 Å². The molecule has 3 aromatic rings. The van der Waals surface area contributed by atoms with E-state index in [-0.39, 0.29) is 0 Å². The van der Waals surface area contributed by atoms with E-state index < -0.39 is 0 Å². The van der Waals surface area contributed by atoms with E-state index in [0.717, 1.165) is 32.9 Å². The molecule has 0 amide bonds. The van der Waals surface area contributed by atoms with Crippen LogP contribution in [0.4, 0.5) is 5.69 Å². The molecule has 4 nitrogen and oxygen atoms in total. The van der Waals surface area contributed by atoms with E-state index in [4.69, 9.17) is 16.0 Å². The van der Waals surface area contributed by atoms with Gasteiger partial charge in [-0.05, 0) is 53.2 Å². The number of nitrogens with zero attached hydrogens (tertiary/aromatic N) is 1. The van der Waals surface area contributed by atoms with Crippen molar-refractivity contribution in [2.75, 3.05) is 5.32 Å². The van der Waals surface area contributed by atoms with Gasteiger partial charge in [0.15, 0.2) is 5.76 Å². The zero-order valence-corrected chi connectivity index (χ0v) is 13.6. The molecule has 0 saturated carbocycles. The highest BCUT2D eigenvalue weighted by Crippen LogP contribution is 2.27. The Hall–Kier alpha value is -1.72. The van der Waals surface area contributed by atoms with Gasteiger partial charge >= 0.3 is 0 Å². The minimum Gasteiger partial charge on any atom is -0.460 e. The van der Waals surface area contributed by atoms with Crippen LogP contribution in [0.5, 0.6) is 0 Å². The summed E-state index contributed by atoms with van der Waals surface area (Å²) >= 11 is 9.46. The summed E-state index contributed by atoms with van der Waals surface area (Å²) < 4.78 is 6.51. The van der Waals surface area contributed by atoms with Crippen molar-refractivity contribution in [1.29, 1.82) is 0 Å². The first kappa shape index (κ1) is 14.2. The van der Waals surface area contributed by atoms with Gasteiger partial charge in [-0.15, -0.1) is 0 Å². The predicted octanol–water partition coefficient (Wildman–Crippen LogP) is 5.01. The van der Waals surface area contributed by atoms with Crippen LogP contribution in [0.1, 0.15) is 11.3 Å². The molecule has 3 rings (SSSR count). The molecule has 2 heterocycles. The molecule has 0 aliphatic rings. The topological polar surface area (TPSA) is 53.9 Å². The maximum Gasteiger partial charge on any atom is 0.152 e. The van der Waals surface area contributed by atoms with Crippen molar-refractivity contribution >= 4 is 33.2 Å². The number of hydrogen-bond acceptors (Lipinski definition) is 3. The van der Waals surface area contributed by atoms with Crippen molar-refractivity contribution < 1.29 is 4.42 Å². The Kier molecular flexibility index (Phi) is 4.03. The van der Waals surface area contributed by atoms with E-state index in [1.165, 1.54) is 0 Å². The molecule has 0 radical (unpaired) electrons. The molecule has 0 aliphatic heterocycles. The van der Waals surface area contributed by atoms with Crippen molar-refractivity contribution in [2.45, 2.75) is 13.5 Å². The standard InChI is InChI=1S/C15H13BrClN3O/c1-9-2-5-14(21-9)15-10(8-19-20-15)7-18-11-3-4-12(16)13(17)6-11/h2-6,8,18H,7H2,1H3,(H,19,20). The Morgan fingerprint density at radius 3 is 2.90 bits per heavy atom. The first-order chi connectivity index (χ1) is 10.1. The largest absolute Gasteiger partial charge is 0.460 e. The normalized spacial score (nSPS) is 10.8. The number of halogens is 2. The maximum atomic E-state index is 6.08. The van der Waals surface area contributed by atoms with Crippen LogP contribution in [-0.2, 0) is 6.54 Å². The molecule has 0 atom stereocenters. The number of aryl methyl sites for hydroxylation is 1. The monoisotopic (exact) mass is 365 g/mol. The second kappa shape index (κ2) is 5.95. The van der Waals surface area contributed by atoms with Crippen LogP contribution in [0.25, 0.3) is 11.5 Å². The lowest BCUT2D eigenvalue weighted by Crippen LogP contribution is -1.99. The van der Waals surface area contributed by atoms with Crippen LogP contribution in [0, 0.1) is 6.92 Å². The average molecular weight is 367 g/mol. The molecule has 6 heteroatoms. The number of H-pyrrole nitrogens is 1. The molecule has 0 fully saturated rings. The van der Waals surface area contributed by atoms with Crippen LogP contribution in [0.3, 0.4) is 0 Å². The van der Waals surface area contributed by atoms with Gasteiger partial charge in [-0.25, -0.2) is 0 Å². The SMILES string of the molecule is Cc1ccc(-c2[nH]ncc2CNc2ccc(Br)c(Cl)c2)o1. The molecule has 0 bridgehead atoms. The van der Waals surface area contributed by atoms with Crippen LogP contribution in [-0.4, -0.2) is 10.2 Å². The number of hydrogen-bond donors (Lipinski definition) is 2. The number of aromatic amines is 1. The van der Waals surface area contributed by atoms with Crippen molar-refractivity contribution in [2.24, 2.45) is 0 Å². The lowest BCUT2D eigenvalue weighted by molar-refractivity contribution is 0.545. The van der Waals surface area contributed by atoms with Gasteiger partial charge in [0.25, 0.3) is 0 Å². The van der Waals surface area contributed by atoms with Gasteiger partial charge in [0.05, 0.1) is 11.2 Å². The fourth-order valence-electron chi connectivity index (χ4n) is 2.03. The zero-order chi connectivity index (χ0) is 14.8. The van der Waals surface area contributed by atoms with E-state index in [1.807, 2.05) is 37.3 Å². The Bertz CT molecular complexity index is 766. The Balaban J connectivity index is 1.77. The highest BCUT2D eigenvalue weighted by molar-refractivity contribution is 9.10. The maximum absolute atomic E-state index is 6.08. The molecular formula is C15H13BrClN3O. The number of aromatic nitrogens is 2. The van der Waals surface area contributed by atoms with Gasteiger partial charge in [-0.2, -0.15) is 5.10 Å². The third kappa shape index (κ3) is 3.14. The molecule has 0 unspecified atom stereocenters. The van der Waals surface area contributed by atoms with Crippen LogP contribution in [0.15, 0.2) is 45.4 Å². The number of benzene rings is 1. The molecule has 2 N–H and O–H groups in total. The summed E-state index contributed by atoms with van der Waals surface area (Å²) in [6, 6.07) is 9.62. The molecule has 0 spiro atoms. The number of furan rings is 1. The van der Waals surface area contributed by atoms with E-state index >= 15 is 0 Å². The van der Waals surface area contributed by atoms with E-state index in [1.54, 1.807) is 6.20 Å². The quantitative estimate of drug-likeness (QED) is 0.682. The minimum absolute atomic E-state index is 0.629. The third-order valence-corrected chi connectivity index (χ3v) is 4.34. The van der Waals surface area contributed by atoms with Crippen molar-refractivity contribution in [3.8, 4) is 11.5 Å². The average Bonchev–Trinajstić information content (AvgIpc) is 3.08. The summed E-state index contributed by atoms with van der Waals surface area (Å²) in [6.07, 6.45) is 1.79. The molecule has 1 aromatic carbocycles. The smallest absolute Gasteiger partial charge is 0.152 e. The molecular weight excluding hydrogens is 354 g/mol. The van der Waals surface area contributed by atoms with E-state index in [2.05, 4.69) is 31.4 Å². The predicted molar refractivity (Wildman–Crippen MR) is 87.5 cm³/mol. The van der Waals surface area contributed by atoms with E-state index in [9.17, 15) is 0 Å². The fourth-order valence-corrected chi connectivity index (χ4v) is 2.46. The summed E-state index contributed by atoms with van der Waals surface area (Å²) in [4.78, 5) is 0. The van der Waals surface area contributed by atoms with Crippen molar-refractivity contribution in [3.05, 3.63) is 57.3 Å². The molecule has 2 aromatic heterocycles. The second-order valence-corrected chi connectivity index (χ2v) is 5.92. The third-order valence-electron chi connectivity index (χ3n) is 3.11. The first-order valence-corrected chi connectivity index (χ1v) is 7.58. The lowest BCUT2D eigenvalue weighted by Gasteiger charge is -2.07. The second-order valence-electron chi connectivity index (χ2n) is 4.66. The molecule has 0 saturated heterocycles. The zero-order valence-electron chi connectivity index (χ0n) is 11.3. The summed E-state index contributed by atoms with van der Waals surface area (Å²) in [5, 5.41) is 11.1. The fraction of sp³-hybridized carbons (Fsp3) is 0.133. The van der Waals surface area contributed by atoms with Gasteiger partial charge in [-0.1, -0.05) is 11.6 Å². The van der Waals surface area contributed by atoms with Crippen molar-refractivity contribution in [3.63, 3.8) is 0 Å². The van der Waals surface area contributed by atoms with Gasteiger partial charge in [0.1, 0.15) is 11.5 Å². The number of anilines is 1. The first-order valence-electron chi connectivity index (χ1n) is 6.41. The van der Waals surface area contributed by atoms with Gasteiger partial charge in [0, 0.05) is 22.3 Å². The summed E-state index contributed by atoms with van der Waals surface area (Å²) in [5.74, 6) is 1.66. The highest BCUT2D eigenvalue weighted by atomic mass is 79.9. The lowest BCUT2D eigenvalue weighted by atomic mass is 10.2. The Morgan fingerprint density at radius 2 is 2.19 bits per heavy atom. The number of nitrogens with one attached hydrogen (secondary N) is 2. The Morgan fingerprint density at radius 1 is 1.33 bits per heavy atom. The molecule has 108 valence electrons. The summed E-state index contributed by atoms with van der Waals surface area (Å²) in [7, 11) is 0. The molecule has 0 aliphatic carbocycles. The molecule has 21 heavy (non-hydrogen) atoms.